The van der Waals surface area contributed by atoms with E-state index in [4.69, 9.17) is 5.11 Å². The summed E-state index contributed by atoms with van der Waals surface area (Å²) < 4.78 is 0. The molecule has 1 N–H and O–H groups in total. The Balaban J connectivity index is 3.08. The minimum Gasteiger partial charge on any atom is -0.392 e. The third kappa shape index (κ3) is 2.78. The van der Waals surface area contributed by atoms with Gasteiger partial charge in [-0.15, -0.1) is 0 Å². The standard InChI is InChI=1S/C14H14O2/c1-3-6-12(4-2)14(16)13-8-5-7-11(9-13)10-15/h3-9,15H,1-2,10H2/b12-6+. The summed E-state index contributed by atoms with van der Waals surface area (Å²) in [6.07, 6.45) is 4.65. The van der Waals surface area contributed by atoms with Gasteiger partial charge in [0.1, 0.15) is 0 Å². The van der Waals surface area contributed by atoms with Crippen LogP contribution in [0.4, 0.5) is 0 Å². The predicted octanol–water partition coefficient (Wildman–Crippen LogP) is 2.66. The Labute approximate surface area is 95.2 Å². The van der Waals surface area contributed by atoms with Crippen LogP contribution in [-0.2, 0) is 6.61 Å². The number of aliphatic hydroxyl groups excluding tert-OH is 1. The van der Waals surface area contributed by atoms with E-state index in [1.807, 2.05) is 0 Å². The molecule has 1 rings (SSSR count). The number of hydrogen-bond acceptors (Lipinski definition) is 2. The molecule has 0 aliphatic heterocycles. The van der Waals surface area contributed by atoms with Crippen LogP contribution in [0, 0.1) is 0 Å². The van der Waals surface area contributed by atoms with Crippen molar-refractivity contribution in [2.45, 2.75) is 6.61 Å². The van der Waals surface area contributed by atoms with Gasteiger partial charge in [-0.1, -0.05) is 49.6 Å². The number of aliphatic hydroxyl groups is 1. The summed E-state index contributed by atoms with van der Waals surface area (Å²) >= 11 is 0. The van der Waals surface area contributed by atoms with Crippen LogP contribution in [0.5, 0.6) is 0 Å². The molecule has 0 heterocycles. The summed E-state index contributed by atoms with van der Waals surface area (Å²) in [5, 5.41) is 8.98. The van der Waals surface area contributed by atoms with Crippen LogP contribution >= 0.6 is 0 Å². The van der Waals surface area contributed by atoms with E-state index >= 15 is 0 Å². The first-order valence-corrected chi connectivity index (χ1v) is 4.92. The van der Waals surface area contributed by atoms with Crippen molar-refractivity contribution in [3.8, 4) is 0 Å². The lowest BCUT2D eigenvalue weighted by Gasteiger charge is -2.03. The molecule has 0 saturated heterocycles. The molecule has 1 aromatic rings. The fourth-order valence-electron chi connectivity index (χ4n) is 1.34. The van der Waals surface area contributed by atoms with E-state index in [9.17, 15) is 4.79 Å². The molecule has 0 aliphatic carbocycles. The van der Waals surface area contributed by atoms with E-state index in [0.29, 0.717) is 16.7 Å². The number of allylic oxidation sites excluding steroid dienone is 4. The van der Waals surface area contributed by atoms with E-state index in [1.54, 1.807) is 36.4 Å². The van der Waals surface area contributed by atoms with Crippen molar-refractivity contribution in [1.29, 1.82) is 0 Å². The normalized spacial score (nSPS) is 10.9. The van der Waals surface area contributed by atoms with Crippen LogP contribution < -0.4 is 0 Å². The van der Waals surface area contributed by atoms with Crippen molar-refractivity contribution in [3.63, 3.8) is 0 Å². The molecule has 0 aliphatic rings. The zero-order chi connectivity index (χ0) is 12.0. The van der Waals surface area contributed by atoms with Crippen LogP contribution in [0.2, 0.25) is 0 Å². The molecule has 0 spiro atoms. The molecule has 2 heteroatoms. The summed E-state index contributed by atoms with van der Waals surface area (Å²) in [7, 11) is 0. The molecule has 0 atom stereocenters. The molecule has 16 heavy (non-hydrogen) atoms. The Morgan fingerprint density at radius 2 is 2.12 bits per heavy atom. The number of ketones is 1. The van der Waals surface area contributed by atoms with Gasteiger partial charge in [0.25, 0.3) is 0 Å². The van der Waals surface area contributed by atoms with Gasteiger partial charge in [0, 0.05) is 11.1 Å². The van der Waals surface area contributed by atoms with Gasteiger partial charge in [-0.3, -0.25) is 4.79 Å². The molecule has 0 aromatic heterocycles. The van der Waals surface area contributed by atoms with Crippen molar-refractivity contribution in [3.05, 3.63) is 72.4 Å². The zero-order valence-electron chi connectivity index (χ0n) is 9.02. The van der Waals surface area contributed by atoms with Crippen LogP contribution in [0.25, 0.3) is 0 Å². The Morgan fingerprint density at radius 1 is 1.38 bits per heavy atom. The van der Waals surface area contributed by atoms with E-state index in [1.165, 1.54) is 6.08 Å². The van der Waals surface area contributed by atoms with Crippen molar-refractivity contribution >= 4 is 5.78 Å². The maximum absolute atomic E-state index is 12.0. The molecule has 0 bridgehead atoms. The van der Waals surface area contributed by atoms with Gasteiger partial charge in [0.15, 0.2) is 5.78 Å². The molecular formula is C14H14O2. The van der Waals surface area contributed by atoms with Gasteiger partial charge in [0.05, 0.1) is 6.61 Å². The van der Waals surface area contributed by atoms with Crippen molar-refractivity contribution in [2.24, 2.45) is 0 Å². The molecule has 0 saturated carbocycles. The summed E-state index contributed by atoms with van der Waals surface area (Å²) in [6, 6.07) is 6.89. The number of benzene rings is 1. The zero-order valence-corrected chi connectivity index (χ0v) is 9.02. The second-order valence-corrected chi connectivity index (χ2v) is 3.25. The fourth-order valence-corrected chi connectivity index (χ4v) is 1.34. The maximum atomic E-state index is 12.0. The molecule has 0 amide bonds. The second kappa shape index (κ2) is 5.83. The average Bonchev–Trinajstić information content (AvgIpc) is 2.35. The quantitative estimate of drug-likeness (QED) is 0.465. The topological polar surface area (TPSA) is 37.3 Å². The number of hydrogen-bond donors (Lipinski definition) is 1. The van der Waals surface area contributed by atoms with Crippen molar-refractivity contribution < 1.29 is 9.90 Å². The number of carbonyl (C=O) groups is 1. The van der Waals surface area contributed by atoms with Gasteiger partial charge in [0.2, 0.25) is 0 Å². The van der Waals surface area contributed by atoms with Crippen LogP contribution in [0.15, 0.2) is 61.2 Å². The lowest BCUT2D eigenvalue weighted by Crippen LogP contribution is -2.02. The third-order valence-electron chi connectivity index (χ3n) is 2.15. The fraction of sp³-hybridized carbons (Fsp3) is 0.0714. The number of Topliss-reactive ketones (excluding diaryl/α,β-unsaturated/α-hetero) is 1. The van der Waals surface area contributed by atoms with Crippen molar-refractivity contribution in [1.82, 2.24) is 0 Å². The van der Waals surface area contributed by atoms with E-state index in [2.05, 4.69) is 13.2 Å². The smallest absolute Gasteiger partial charge is 0.193 e. The molecule has 1 aromatic carbocycles. The minimum atomic E-state index is -0.120. The first-order chi connectivity index (χ1) is 7.72. The Morgan fingerprint density at radius 3 is 2.69 bits per heavy atom. The highest BCUT2D eigenvalue weighted by atomic mass is 16.3. The summed E-state index contributed by atoms with van der Waals surface area (Å²) in [6.45, 7) is 7.05. The Hall–Kier alpha value is -1.93. The molecular weight excluding hydrogens is 200 g/mol. The number of carbonyl (C=O) groups excluding carboxylic acids is 1. The highest BCUT2D eigenvalue weighted by Gasteiger charge is 2.08. The lowest BCUT2D eigenvalue weighted by atomic mass is 10.0. The van der Waals surface area contributed by atoms with Crippen molar-refractivity contribution in [2.75, 3.05) is 0 Å². The monoisotopic (exact) mass is 214 g/mol. The molecule has 0 unspecified atom stereocenters. The molecule has 0 fully saturated rings. The van der Waals surface area contributed by atoms with Gasteiger partial charge in [-0.2, -0.15) is 0 Å². The lowest BCUT2D eigenvalue weighted by molar-refractivity contribution is 0.103. The van der Waals surface area contributed by atoms with E-state index in [-0.39, 0.29) is 12.4 Å². The SMILES string of the molecule is C=C/C=C(\C=C)C(=O)c1cccc(CO)c1. The Kier molecular flexibility index (Phi) is 4.42. The van der Waals surface area contributed by atoms with Gasteiger partial charge in [-0.25, -0.2) is 0 Å². The maximum Gasteiger partial charge on any atom is 0.193 e. The molecule has 2 nitrogen and oxygen atoms in total. The van der Waals surface area contributed by atoms with Gasteiger partial charge >= 0.3 is 0 Å². The number of rotatable bonds is 5. The highest BCUT2D eigenvalue weighted by Crippen LogP contribution is 2.12. The molecule has 0 radical (unpaired) electrons. The third-order valence-corrected chi connectivity index (χ3v) is 2.15. The second-order valence-electron chi connectivity index (χ2n) is 3.25. The Bertz CT molecular complexity index is 442. The van der Waals surface area contributed by atoms with Gasteiger partial charge < -0.3 is 5.11 Å². The van der Waals surface area contributed by atoms with E-state index < -0.39 is 0 Å². The predicted molar refractivity (Wildman–Crippen MR) is 65.2 cm³/mol. The van der Waals surface area contributed by atoms with Crippen LogP contribution in [0.1, 0.15) is 15.9 Å². The summed E-state index contributed by atoms with van der Waals surface area (Å²) in [4.78, 5) is 12.0. The minimum absolute atomic E-state index is 0.0737. The van der Waals surface area contributed by atoms with Gasteiger partial charge in [-0.05, 0) is 11.6 Å². The summed E-state index contributed by atoms with van der Waals surface area (Å²) in [5.41, 5.74) is 1.75. The highest BCUT2D eigenvalue weighted by molar-refractivity contribution is 6.10. The first kappa shape index (κ1) is 12.1. The first-order valence-electron chi connectivity index (χ1n) is 4.92. The molecule has 82 valence electrons. The summed E-state index contributed by atoms with van der Waals surface area (Å²) in [5.74, 6) is -0.120. The van der Waals surface area contributed by atoms with Crippen LogP contribution in [0.3, 0.4) is 0 Å². The average molecular weight is 214 g/mol. The van der Waals surface area contributed by atoms with Crippen LogP contribution in [-0.4, -0.2) is 10.9 Å². The van der Waals surface area contributed by atoms with E-state index in [0.717, 1.165) is 0 Å². The largest absolute Gasteiger partial charge is 0.392 e.